The summed E-state index contributed by atoms with van der Waals surface area (Å²) in [5.74, 6) is 0.798. The van der Waals surface area contributed by atoms with E-state index < -0.39 is 31.9 Å². The predicted octanol–water partition coefficient (Wildman–Crippen LogP) is 1.97. The molecule has 2 amide bonds. The van der Waals surface area contributed by atoms with Gasteiger partial charge in [-0.1, -0.05) is 32.0 Å². The standard InChI is InChI=1S/2C12H16N4O4S.C4H12N2S2/c2*1-10(17)14-21(18,19)12-4-2-11(3-5-12)13-15-16-6-8-20-9-7-16;5-1-3-7-8-4-2-6/h2*2-5H,6-9H2,1H3,(H,14,17);1-6H2. The lowest BCUT2D eigenvalue weighted by molar-refractivity contribution is -0.118. The number of carbonyl (C=O) groups is 2. The number of hydrogen-bond acceptors (Lipinski definition) is 16. The second-order valence-electron chi connectivity index (χ2n) is 10.0. The molecule has 2 aliphatic rings. The van der Waals surface area contributed by atoms with E-state index in [1.54, 1.807) is 31.6 Å². The van der Waals surface area contributed by atoms with Gasteiger partial charge >= 0.3 is 0 Å². The highest BCUT2D eigenvalue weighted by atomic mass is 33.1. The largest absolute Gasteiger partial charge is 0.378 e. The molecule has 0 radical (unpaired) electrons. The van der Waals surface area contributed by atoms with Gasteiger partial charge in [0.2, 0.25) is 11.8 Å². The summed E-state index contributed by atoms with van der Waals surface area (Å²) in [7, 11) is -4.04. The predicted molar refractivity (Wildman–Crippen MR) is 192 cm³/mol. The van der Waals surface area contributed by atoms with Crippen molar-refractivity contribution in [2.45, 2.75) is 23.6 Å². The Kier molecular flexibility index (Phi) is 19.8. The molecule has 4 rings (SSSR count). The van der Waals surface area contributed by atoms with Crippen molar-refractivity contribution < 1.29 is 35.9 Å². The van der Waals surface area contributed by atoms with Gasteiger partial charge in [-0.15, -0.1) is 10.2 Å². The summed E-state index contributed by atoms with van der Waals surface area (Å²) in [6.45, 7) is 9.00. The van der Waals surface area contributed by atoms with E-state index in [9.17, 15) is 26.4 Å². The second kappa shape index (κ2) is 23.2. The highest BCUT2D eigenvalue weighted by Crippen LogP contribution is 2.19. The molecule has 0 atom stereocenters. The van der Waals surface area contributed by atoms with Crippen molar-refractivity contribution in [3.05, 3.63) is 48.5 Å². The van der Waals surface area contributed by atoms with Gasteiger partial charge < -0.3 is 20.9 Å². The zero-order valence-electron chi connectivity index (χ0n) is 27.8. The Bertz CT molecular complexity index is 1470. The zero-order valence-corrected chi connectivity index (χ0v) is 31.1. The van der Waals surface area contributed by atoms with E-state index in [4.69, 9.17) is 20.9 Å². The summed E-state index contributed by atoms with van der Waals surface area (Å²) in [6, 6.07) is 11.6. The second-order valence-corrected chi connectivity index (χ2v) is 16.1. The van der Waals surface area contributed by atoms with E-state index >= 15 is 0 Å². The first-order valence-corrected chi connectivity index (χ1v) is 20.7. The summed E-state index contributed by atoms with van der Waals surface area (Å²) >= 11 is 0. The molecule has 0 spiro atoms. The van der Waals surface area contributed by atoms with Crippen LogP contribution in [0.5, 0.6) is 0 Å². The van der Waals surface area contributed by atoms with Crippen molar-refractivity contribution in [2.24, 2.45) is 32.1 Å². The topological polar surface area (TPSA) is 253 Å². The minimum absolute atomic E-state index is 0.00280. The molecule has 2 saturated heterocycles. The first-order chi connectivity index (χ1) is 23.9. The molecule has 0 bridgehead atoms. The van der Waals surface area contributed by atoms with Crippen LogP contribution < -0.4 is 20.9 Å². The van der Waals surface area contributed by atoms with Crippen LogP contribution in [-0.4, -0.2) is 116 Å². The fourth-order valence-corrected chi connectivity index (χ4v) is 7.30. The molecular weight excluding hydrogens is 733 g/mol. The quantitative estimate of drug-likeness (QED) is 0.129. The van der Waals surface area contributed by atoms with Crippen LogP contribution >= 0.6 is 21.6 Å². The number of benzene rings is 2. The third-order valence-corrected chi connectivity index (χ3v) is 11.3. The summed E-state index contributed by atoms with van der Waals surface area (Å²) in [5.41, 5.74) is 11.6. The van der Waals surface area contributed by atoms with Gasteiger partial charge in [0, 0.05) is 38.4 Å². The molecule has 2 aromatic rings. The first kappa shape index (κ1) is 42.8. The lowest BCUT2D eigenvalue weighted by Gasteiger charge is -2.22. The number of sulfonamides is 2. The Hall–Kier alpha value is -3.38. The van der Waals surface area contributed by atoms with Crippen molar-refractivity contribution in [3.8, 4) is 0 Å². The molecule has 2 aliphatic heterocycles. The average Bonchev–Trinajstić information content (AvgIpc) is 3.09. The molecule has 22 heteroatoms. The minimum Gasteiger partial charge on any atom is -0.378 e. The molecule has 278 valence electrons. The van der Waals surface area contributed by atoms with E-state index in [1.807, 2.05) is 9.44 Å². The van der Waals surface area contributed by atoms with E-state index in [0.717, 1.165) is 38.4 Å². The summed E-state index contributed by atoms with van der Waals surface area (Å²) < 4.78 is 61.2. The van der Waals surface area contributed by atoms with Gasteiger partial charge in [0.25, 0.3) is 20.0 Å². The maximum Gasteiger partial charge on any atom is 0.264 e. The molecule has 2 heterocycles. The Labute approximate surface area is 300 Å². The van der Waals surface area contributed by atoms with Crippen molar-refractivity contribution in [1.29, 1.82) is 0 Å². The molecule has 0 unspecified atom stereocenters. The molecular formula is C28H44N10O8S4. The summed E-state index contributed by atoms with van der Waals surface area (Å²) in [4.78, 5) is 21.7. The van der Waals surface area contributed by atoms with Gasteiger partial charge in [-0.05, 0) is 48.5 Å². The molecule has 50 heavy (non-hydrogen) atoms. The number of morpholine rings is 2. The van der Waals surface area contributed by atoms with Crippen molar-refractivity contribution >= 4 is 64.8 Å². The van der Waals surface area contributed by atoms with Crippen LogP contribution in [-0.2, 0) is 39.1 Å². The van der Waals surface area contributed by atoms with E-state index in [-0.39, 0.29) is 9.79 Å². The van der Waals surface area contributed by atoms with Crippen LogP contribution in [0, 0.1) is 0 Å². The van der Waals surface area contributed by atoms with Gasteiger partial charge in [0.15, 0.2) is 0 Å². The Morgan fingerprint density at radius 2 is 0.980 bits per heavy atom. The average molecular weight is 777 g/mol. The number of rotatable bonds is 13. The van der Waals surface area contributed by atoms with Crippen LogP contribution in [0.15, 0.2) is 79.0 Å². The number of carbonyl (C=O) groups excluding carboxylic acids is 2. The molecule has 6 N–H and O–H groups in total. The maximum atomic E-state index is 11.8. The van der Waals surface area contributed by atoms with E-state index in [2.05, 4.69) is 20.7 Å². The highest BCUT2D eigenvalue weighted by Gasteiger charge is 2.16. The lowest BCUT2D eigenvalue weighted by Crippen LogP contribution is -2.31. The van der Waals surface area contributed by atoms with Crippen molar-refractivity contribution in [2.75, 3.05) is 77.2 Å². The number of nitrogens with one attached hydrogen (secondary N) is 2. The third kappa shape index (κ3) is 17.5. The molecule has 0 aromatic heterocycles. The maximum absolute atomic E-state index is 11.8. The molecule has 0 aliphatic carbocycles. The molecule has 0 saturated carbocycles. The van der Waals surface area contributed by atoms with Crippen molar-refractivity contribution in [1.82, 2.24) is 19.5 Å². The van der Waals surface area contributed by atoms with Crippen LogP contribution in [0.3, 0.4) is 0 Å². The Morgan fingerprint density at radius 1 is 0.660 bits per heavy atom. The number of nitrogens with two attached hydrogens (primary N) is 2. The molecule has 18 nitrogen and oxygen atoms in total. The van der Waals surface area contributed by atoms with E-state index in [1.165, 1.54) is 48.5 Å². The van der Waals surface area contributed by atoms with Gasteiger partial charge in [0.05, 0.1) is 73.8 Å². The lowest BCUT2D eigenvalue weighted by atomic mass is 10.3. The minimum atomic E-state index is -3.81. The van der Waals surface area contributed by atoms with Gasteiger partial charge in [-0.2, -0.15) is 0 Å². The van der Waals surface area contributed by atoms with Gasteiger partial charge in [-0.3, -0.25) is 19.6 Å². The molecule has 2 aromatic carbocycles. The zero-order chi connectivity index (χ0) is 36.8. The highest BCUT2D eigenvalue weighted by molar-refractivity contribution is 8.76. The van der Waals surface area contributed by atoms with Crippen LogP contribution in [0.2, 0.25) is 0 Å². The van der Waals surface area contributed by atoms with Crippen molar-refractivity contribution in [3.63, 3.8) is 0 Å². The van der Waals surface area contributed by atoms with Crippen LogP contribution in [0.4, 0.5) is 11.4 Å². The van der Waals surface area contributed by atoms with Crippen LogP contribution in [0.25, 0.3) is 0 Å². The number of hydrogen-bond donors (Lipinski definition) is 4. The van der Waals surface area contributed by atoms with Gasteiger partial charge in [-0.25, -0.2) is 26.3 Å². The first-order valence-electron chi connectivity index (χ1n) is 15.3. The summed E-state index contributed by atoms with van der Waals surface area (Å²) in [6.07, 6.45) is 0. The fraction of sp³-hybridized carbons (Fsp3) is 0.500. The Balaban J connectivity index is 0.000000286. The van der Waals surface area contributed by atoms with E-state index in [0.29, 0.717) is 64.0 Å². The normalized spacial score (nSPS) is 15.1. The smallest absolute Gasteiger partial charge is 0.264 e. The Morgan fingerprint density at radius 3 is 1.26 bits per heavy atom. The van der Waals surface area contributed by atoms with Crippen LogP contribution in [0.1, 0.15) is 13.8 Å². The number of nitrogens with zero attached hydrogens (tertiary/aromatic N) is 6. The number of amides is 2. The fourth-order valence-electron chi connectivity index (χ4n) is 3.61. The monoisotopic (exact) mass is 776 g/mol. The van der Waals surface area contributed by atoms with Gasteiger partial charge in [0.1, 0.15) is 0 Å². The SMILES string of the molecule is CC(=O)NS(=O)(=O)c1ccc(N=NN2CCOCC2)cc1.CC(=O)NS(=O)(=O)c1ccc(N=NN2CCOCC2)cc1.NCCSSCCN. The summed E-state index contributed by atoms with van der Waals surface area (Å²) in [5, 5.41) is 19.7. The molecule has 2 fully saturated rings. The third-order valence-electron chi connectivity index (χ3n) is 5.88. The number of ether oxygens (including phenoxy) is 2.